The molecule has 2 rings (SSSR count). The molecule has 1 saturated heterocycles. The highest BCUT2D eigenvalue weighted by Crippen LogP contribution is 2.22. The van der Waals surface area contributed by atoms with E-state index < -0.39 is 0 Å². The van der Waals surface area contributed by atoms with Gasteiger partial charge in [0.2, 0.25) is 5.95 Å². The number of rotatable bonds is 1. The number of nitrogen functional groups attached to an aromatic ring is 1. The van der Waals surface area contributed by atoms with Crippen LogP contribution in [0.4, 0.5) is 11.8 Å². The predicted octanol–water partition coefficient (Wildman–Crippen LogP) is 1.31. The highest BCUT2D eigenvalue weighted by atomic mass is 32.2. The van der Waals surface area contributed by atoms with Crippen molar-refractivity contribution in [3.05, 3.63) is 11.8 Å². The van der Waals surface area contributed by atoms with Gasteiger partial charge in [0.05, 0.1) is 0 Å². The van der Waals surface area contributed by atoms with Crippen molar-refractivity contribution >= 4 is 23.5 Å². The minimum absolute atomic E-state index is 0.371. The number of nitrogens with zero attached hydrogens (tertiary/aromatic N) is 3. The lowest BCUT2D eigenvalue weighted by atomic mass is 10.3. The number of aryl methyl sites for hydroxylation is 1. The molecule has 1 aromatic rings. The van der Waals surface area contributed by atoms with Crippen LogP contribution in [0.2, 0.25) is 0 Å². The van der Waals surface area contributed by atoms with Gasteiger partial charge in [-0.15, -0.1) is 0 Å². The first-order valence-corrected chi connectivity index (χ1v) is 6.18. The fourth-order valence-electron chi connectivity index (χ4n) is 1.76. The molecule has 0 bridgehead atoms. The van der Waals surface area contributed by atoms with Crippen molar-refractivity contribution in [3.63, 3.8) is 0 Å². The summed E-state index contributed by atoms with van der Waals surface area (Å²) >= 11 is 2.01. The van der Waals surface area contributed by atoms with Crippen LogP contribution >= 0.6 is 11.8 Å². The molecule has 0 aliphatic carbocycles. The molecule has 1 aliphatic rings. The second kappa shape index (κ2) is 4.26. The Kier molecular flexibility index (Phi) is 3.00. The molecule has 82 valence electrons. The lowest BCUT2D eigenvalue weighted by Crippen LogP contribution is -2.37. The third-order valence-electron chi connectivity index (χ3n) is 2.42. The zero-order valence-electron chi connectivity index (χ0n) is 9.10. The van der Waals surface area contributed by atoms with Gasteiger partial charge in [-0.3, -0.25) is 0 Å². The van der Waals surface area contributed by atoms with Crippen LogP contribution in [0.3, 0.4) is 0 Å². The van der Waals surface area contributed by atoms with Crippen molar-refractivity contribution in [2.24, 2.45) is 0 Å². The molecule has 0 spiro atoms. The van der Waals surface area contributed by atoms with Gasteiger partial charge in [0, 0.05) is 35.9 Å². The fourth-order valence-corrected chi connectivity index (χ4v) is 2.78. The summed E-state index contributed by atoms with van der Waals surface area (Å²) in [7, 11) is 0. The highest BCUT2D eigenvalue weighted by Gasteiger charge is 2.18. The summed E-state index contributed by atoms with van der Waals surface area (Å²) in [6, 6.07) is 2.00. The van der Waals surface area contributed by atoms with E-state index in [0.717, 1.165) is 30.4 Å². The normalized spacial score (nSPS) is 21.7. The maximum Gasteiger partial charge on any atom is 0.222 e. The molecule has 1 fully saturated rings. The number of anilines is 2. The van der Waals surface area contributed by atoms with Crippen LogP contribution in [-0.2, 0) is 0 Å². The number of aromatic nitrogens is 2. The molecule has 1 aliphatic heterocycles. The second-order valence-electron chi connectivity index (χ2n) is 3.85. The van der Waals surface area contributed by atoms with Crippen molar-refractivity contribution in [3.8, 4) is 0 Å². The van der Waals surface area contributed by atoms with Gasteiger partial charge in [0.15, 0.2) is 0 Å². The molecular formula is C10H16N4S. The number of hydrogen-bond acceptors (Lipinski definition) is 5. The van der Waals surface area contributed by atoms with E-state index in [9.17, 15) is 0 Å². The minimum atomic E-state index is 0.371. The monoisotopic (exact) mass is 224 g/mol. The Morgan fingerprint density at radius 3 is 3.00 bits per heavy atom. The van der Waals surface area contributed by atoms with E-state index in [4.69, 9.17) is 5.73 Å². The summed E-state index contributed by atoms with van der Waals surface area (Å²) in [5, 5.41) is 0.662. The van der Waals surface area contributed by atoms with Crippen molar-refractivity contribution < 1.29 is 0 Å². The molecule has 5 heteroatoms. The second-order valence-corrected chi connectivity index (χ2v) is 5.40. The van der Waals surface area contributed by atoms with Crippen LogP contribution in [0, 0.1) is 6.92 Å². The van der Waals surface area contributed by atoms with Crippen LogP contribution < -0.4 is 10.6 Å². The zero-order valence-corrected chi connectivity index (χ0v) is 9.92. The van der Waals surface area contributed by atoms with E-state index in [0.29, 0.717) is 11.2 Å². The molecular weight excluding hydrogens is 208 g/mol. The first kappa shape index (κ1) is 10.5. The molecule has 4 nitrogen and oxygen atoms in total. The Balaban J connectivity index is 2.20. The maximum atomic E-state index is 5.65. The maximum absolute atomic E-state index is 5.65. The van der Waals surface area contributed by atoms with Crippen molar-refractivity contribution in [2.45, 2.75) is 19.1 Å². The van der Waals surface area contributed by atoms with Gasteiger partial charge in [0.1, 0.15) is 5.82 Å². The van der Waals surface area contributed by atoms with Gasteiger partial charge < -0.3 is 10.6 Å². The minimum Gasteiger partial charge on any atom is -0.368 e. The molecule has 1 unspecified atom stereocenters. The van der Waals surface area contributed by atoms with E-state index in [2.05, 4.69) is 21.8 Å². The topological polar surface area (TPSA) is 55.0 Å². The van der Waals surface area contributed by atoms with Gasteiger partial charge in [-0.2, -0.15) is 16.7 Å². The van der Waals surface area contributed by atoms with E-state index in [1.54, 1.807) is 0 Å². The molecule has 0 radical (unpaired) electrons. The number of hydrogen-bond donors (Lipinski definition) is 1. The van der Waals surface area contributed by atoms with Crippen LogP contribution in [0.5, 0.6) is 0 Å². The summed E-state index contributed by atoms with van der Waals surface area (Å²) in [5.74, 6) is 2.49. The molecule has 0 aromatic carbocycles. The van der Waals surface area contributed by atoms with E-state index in [-0.39, 0.29) is 0 Å². The first-order chi connectivity index (χ1) is 7.15. The van der Waals surface area contributed by atoms with Crippen LogP contribution in [0.1, 0.15) is 12.6 Å². The van der Waals surface area contributed by atoms with Gasteiger partial charge in [-0.05, 0) is 6.92 Å². The third kappa shape index (κ3) is 2.53. The smallest absolute Gasteiger partial charge is 0.222 e. The third-order valence-corrected chi connectivity index (χ3v) is 3.56. The van der Waals surface area contributed by atoms with Crippen LogP contribution in [0.25, 0.3) is 0 Å². The molecule has 2 N–H and O–H groups in total. The van der Waals surface area contributed by atoms with Crippen LogP contribution in [-0.4, -0.2) is 34.1 Å². The zero-order chi connectivity index (χ0) is 10.8. The molecule has 2 heterocycles. The standard InChI is InChI=1S/C10H16N4S/c1-7-5-9(13-10(11)12-7)14-3-4-15-8(2)6-14/h5,8H,3-4,6H2,1-2H3,(H2,11,12,13). The number of nitrogens with two attached hydrogens (primary N) is 1. The molecule has 15 heavy (non-hydrogen) atoms. The first-order valence-electron chi connectivity index (χ1n) is 5.13. The van der Waals surface area contributed by atoms with Gasteiger partial charge in [-0.1, -0.05) is 6.92 Å². The summed E-state index contributed by atoms with van der Waals surface area (Å²) in [6.45, 7) is 6.28. The van der Waals surface area contributed by atoms with E-state index in [1.165, 1.54) is 0 Å². The van der Waals surface area contributed by atoms with E-state index in [1.807, 2.05) is 24.8 Å². The SMILES string of the molecule is Cc1cc(N2CCSC(C)C2)nc(N)n1. The Morgan fingerprint density at radius 1 is 1.53 bits per heavy atom. The summed E-state index contributed by atoms with van der Waals surface area (Å²) in [5.41, 5.74) is 6.58. The Morgan fingerprint density at radius 2 is 2.33 bits per heavy atom. The Hall–Kier alpha value is -0.970. The summed E-state index contributed by atoms with van der Waals surface area (Å²) < 4.78 is 0. The molecule has 0 amide bonds. The van der Waals surface area contributed by atoms with Crippen molar-refractivity contribution in [1.29, 1.82) is 0 Å². The average molecular weight is 224 g/mol. The van der Waals surface area contributed by atoms with Crippen molar-refractivity contribution in [2.75, 3.05) is 29.5 Å². The quantitative estimate of drug-likeness (QED) is 0.779. The summed E-state index contributed by atoms with van der Waals surface area (Å²) in [4.78, 5) is 10.6. The Bertz CT molecular complexity index is 335. The van der Waals surface area contributed by atoms with Gasteiger partial charge in [0.25, 0.3) is 0 Å². The summed E-state index contributed by atoms with van der Waals surface area (Å²) in [6.07, 6.45) is 0. The largest absolute Gasteiger partial charge is 0.368 e. The van der Waals surface area contributed by atoms with Gasteiger partial charge >= 0.3 is 0 Å². The Labute approximate surface area is 94.3 Å². The fraction of sp³-hybridized carbons (Fsp3) is 0.600. The average Bonchev–Trinajstić information content (AvgIpc) is 2.16. The lowest BCUT2D eigenvalue weighted by Gasteiger charge is -2.31. The molecule has 1 aromatic heterocycles. The molecule has 0 saturated carbocycles. The van der Waals surface area contributed by atoms with Crippen molar-refractivity contribution in [1.82, 2.24) is 9.97 Å². The molecule has 1 atom stereocenters. The predicted molar refractivity (Wildman–Crippen MR) is 65.3 cm³/mol. The van der Waals surface area contributed by atoms with Gasteiger partial charge in [-0.25, -0.2) is 4.98 Å². The van der Waals surface area contributed by atoms with Crippen LogP contribution in [0.15, 0.2) is 6.07 Å². The highest BCUT2D eigenvalue weighted by molar-refractivity contribution is 8.00. The lowest BCUT2D eigenvalue weighted by molar-refractivity contribution is 0.768. The van der Waals surface area contributed by atoms with E-state index >= 15 is 0 Å². The number of thioether (sulfide) groups is 1.